The van der Waals surface area contributed by atoms with E-state index in [1.54, 1.807) is 18.2 Å². The summed E-state index contributed by atoms with van der Waals surface area (Å²) in [7, 11) is 0. The maximum Gasteiger partial charge on any atom is 0.393 e. The first kappa shape index (κ1) is 19.8. The van der Waals surface area contributed by atoms with Gasteiger partial charge >= 0.3 is 6.18 Å². The molecule has 1 amide bonds. The van der Waals surface area contributed by atoms with Gasteiger partial charge in [-0.3, -0.25) is 4.79 Å². The van der Waals surface area contributed by atoms with Crippen molar-refractivity contribution >= 4 is 34.8 Å². The molecule has 0 radical (unpaired) electrons. The minimum Gasteiger partial charge on any atom is -0.491 e. The van der Waals surface area contributed by atoms with Crippen molar-refractivity contribution in [1.82, 2.24) is 9.55 Å². The van der Waals surface area contributed by atoms with Gasteiger partial charge in [0, 0.05) is 12.1 Å². The molecule has 1 aliphatic carbocycles. The van der Waals surface area contributed by atoms with Gasteiger partial charge in [-0.2, -0.15) is 13.2 Å². The maximum absolute atomic E-state index is 12.8. The van der Waals surface area contributed by atoms with Crippen LogP contribution in [0.3, 0.4) is 0 Å². The second-order valence-electron chi connectivity index (χ2n) is 6.50. The van der Waals surface area contributed by atoms with Crippen molar-refractivity contribution in [1.29, 1.82) is 0 Å². The maximum atomic E-state index is 12.8. The highest BCUT2D eigenvalue weighted by molar-refractivity contribution is 6.35. The number of imidazole rings is 1. The molecule has 0 spiro atoms. The van der Waals surface area contributed by atoms with Crippen molar-refractivity contribution in [3.05, 3.63) is 40.4 Å². The predicted octanol–water partition coefficient (Wildman–Crippen LogP) is 5.35. The molecule has 2 atom stereocenters. The van der Waals surface area contributed by atoms with Gasteiger partial charge in [0.2, 0.25) is 0 Å². The molecule has 0 aliphatic heterocycles. The second kappa shape index (κ2) is 7.24. The smallest absolute Gasteiger partial charge is 0.393 e. The van der Waals surface area contributed by atoms with E-state index in [2.05, 4.69) is 10.3 Å². The van der Waals surface area contributed by atoms with Crippen molar-refractivity contribution in [2.75, 3.05) is 5.32 Å². The lowest BCUT2D eigenvalue weighted by atomic mass is 10.3. The lowest BCUT2D eigenvalue weighted by Gasteiger charge is -2.12. The molecule has 1 N–H and O–H groups in total. The first-order chi connectivity index (χ1) is 12.6. The SMILES string of the molecule is CC(C)Oc1ccc(Cl)c(NC(=O)c2ncn(C3CC3C(F)(F)F)c2Cl)c1. The van der Waals surface area contributed by atoms with Crippen molar-refractivity contribution in [2.24, 2.45) is 5.92 Å². The number of carbonyl (C=O) groups is 1. The number of hydrogen-bond acceptors (Lipinski definition) is 3. The van der Waals surface area contributed by atoms with Crippen molar-refractivity contribution < 1.29 is 22.7 Å². The molecule has 2 aromatic rings. The van der Waals surface area contributed by atoms with Crippen LogP contribution in [0.4, 0.5) is 18.9 Å². The fraction of sp³-hybridized carbons (Fsp3) is 0.412. The summed E-state index contributed by atoms with van der Waals surface area (Å²) in [5, 5.41) is 2.69. The van der Waals surface area contributed by atoms with Gasteiger partial charge in [-0.1, -0.05) is 23.2 Å². The van der Waals surface area contributed by atoms with E-state index in [1.807, 2.05) is 13.8 Å². The number of halogens is 5. The zero-order valence-corrected chi connectivity index (χ0v) is 15.9. The Balaban J connectivity index is 1.76. The molecule has 1 saturated carbocycles. The largest absolute Gasteiger partial charge is 0.491 e. The Hall–Kier alpha value is -1.93. The Morgan fingerprint density at radius 1 is 1.37 bits per heavy atom. The fourth-order valence-corrected chi connectivity index (χ4v) is 3.17. The predicted molar refractivity (Wildman–Crippen MR) is 95.6 cm³/mol. The van der Waals surface area contributed by atoms with E-state index >= 15 is 0 Å². The van der Waals surface area contributed by atoms with Gasteiger partial charge in [0.05, 0.1) is 29.1 Å². The molecule has 0 bridgehead atoms. The quantitative estimate of drug-likeness (QED) is 0.707. The normalized spacial score (nSPS) is 19.3. The standard InChI is InChI=1S/C17H16Cl2F3N3O2/c1-8(2)27-9-3-4-11(18)12(5-9)24-16(26)14-15(19)25(7-23-14)13-6-10(13)17(20,21)22/h3-5,7-8,10,13H,6H2,1-2H3,(H,24,26). The van der Waals surface area contributed by atoms with Gasteiger partial charge in [-0.05, 0) is 32.4 Å². The molecule has 2 unspecified atom stereocenters. The van der Waals surface area contributed by atoms with Crippen LogP contribution in [-0.2, 0) is 0 Å². The fourth-order valence-electron chi connectivity index (χ4n) is 2.70. The zero-order valence-electron chi connectivity index (χ0n) is 14.3. The second-order valence-corrected chi connectivity index (χ2v) is 7.27. The molecule has 146 valence electrons. The molecule has 1 heterocycles. The molecular weight excluding hydrogens is 406 g/mol. The number of amides is 1. The molecule has 1 fully saturated rings. The number of nitrogens with one attached hydrogen (secondary N) is 1. The number of hydrogen-bond donors (Lipinski definition) is 1. The monoisotopic (exact) mass is 421 g/mol. The van der Waals surface area contributed by atoms with Crippen LogP contribution in [0, 0.1) is 5.92 Å². The molecule has 1 aromatic heterocycles. The summed E-state index contributed by atoms with van der Waals surface area (Å²) in [6.45, 7) is 3.71. The summed E-state index contributed by atoms with van der Waals surface area (Å²) in [4.78, 5) is 16.3. The van der Waals surface area contributed by atoms with Crippen LogP contribution in [0.2, 0.25) is 10.2 Å². The number of carbonyl (C=O) groups excluding carboxylic acids is 1. The van der Waals surface area contributed by atoms with Crippen LogP contribution < -0.4 is 10.1 Å². The third-order valence-electron chi connectivity index (χ3n) is 4.04. The number of anilines is 1. The number of nitrogens with zero attached hydrogens (tertiary/aromatic N) is 2. The number of rotatable bonds is 5. The summed E-state index contributed by atoms with van der Waals surface area (Å²) in [5.74, 6) is -1.64. The lowest BCUT2D eigenvalue weighted by molar-refractivity contribution is -0.150. The average molecular weight is 422 g/mol. The van der Waals surface area contributed by atoms with Gasteiger partial charge in [0.25, 0.3) is 5.91 Å². The Morgan fingerprint density at radius 3 is 2.67 bits per heavy atom. The molecule has 27 heavy (non-hydrogen) atoms. The number of alkyl halides is 3. The molecule has 5 nitrogen and oxygen atoms in total. The highest BCUT2D eigenvalue weighted by Crippen LogP contribution is 2.54. The van der Waals surface area contributed by atoms with Gasteiger partial charge < -0.3 is 14.6 Å². The molecule has 3 rings (SSSR count). The molecule has 1 aromatic carbocycles. The highest BCUT2D eigenvalue weighted by atomic mass is 35.5. The average Bonchev–Trinajstić information content (AvgIpc) is 3.27. The summed E-state index contributed by atoms with van der Waals surface area (Å²) in [6, 6.07) is 3.93. The topological polar surface area (TPSA) is 56.1 Å². The number of ether oxygens (including phenoxy) is 1. The Bertz CT molecular complexity index is 868. The molecular formula is C17H16Cl2F3N3O2. The minimum atomic E-state index is -4.30. The van der Waals surface area contributed by atoms with E-state index in [-0.39, 0.29) is 34.1 Å². The molecule has 0 saturated heterocycles. The van der Waals surface area contributed by atoms with Gasteiger partial charge in [-0.15, -0.1) is 0 Å². The first-order valence-electron chi connectivity index (χ1n) is 8.14. The molecule has 1 aliphatic rings. The third kappa shape index (κ3) is 4.32. The summed E-state index contributed by atoms with van der Waals surface area (Å²) in [5.41, 5.74) is 0.112. The van der Waals surface area contributed by atoms with E-state index in [9.17, 15) is 18.0 Å². The number of aromatic nitrogens is 2. The Morgan fingerprint density at radius 2 is 2.07 bits per heavy atom. The Labute approximate surface area is 163 Å². The summed E-state index contributed by atoms with van der Waals surface area (Å²) in [6.07, 6.45) is -3.31. The van der Waals surface area contributed by atoms with E-state index in [0.29, 0.717) is 5.75 Å². The van der Waals surface area contributed by atoms with Gasteiger partial charge in [0.15, 0.2) is 5.69 Å². The first-order valence-corrected chi connectivity index (χ1v) is 8.90. The van der Waals surface area contributed by atoms with E-state index in [4.69, 9.17) is 27.9 Å². The minimum absolute atomic E-state index is 0.0695. The lowest BCUT2D eigenvalue weighted by Crippen LogP contribution is -2.15. The van der Waals surface area contributed by atoms with Crippen molar-refractivity contribution in [3.8, 4) is 5.75 Å². The van der Waals surface area contributed by atoms with Crippen LogP contribution in [0.15, 0.2) is 24.5 Å². The van der Waals surface area contributed by atoms with E-state index < -0.39 is 24.0 Å². The third-order valence-corrected chi connectivity index (χ3v) is 4.74. The van der Waals surface area contributed by atoms with E-state index in [1.165, 1.54) is 4.57 Å². The van der Waals surface area contributed by atoms with E-state index in [0.717, 1.165) is 6.33 Å². The van der Waals surface area contributed by atoms with Gasteiger partial charge in [0.1, 0.15) is 10.9 Å². The summed E-state index contributed by atoms with van der Waals surface area (Å²) < 4.78 is 45.0. The Kier molecular flexibility index (Phi) is 5.31. The number of benzene rings is 1. The van der Waals surface area contributed by atoms with Crippen molar-refractivity contribution in [2.45, 2.75) is 38.6 Å². The van der Waals surface area contributed by atoms with Crippen molar-refractivity contribution in [3.63, 3.8) is 0 Å². The van der Waals surface area contributed by atoms with Crippen LogP contribution in [0.5, 0.6) is 5.75 Å². The van der Waals surface area contributed by atoms with Gasteiger partial charge in [-0.25, -0.2) is 4.98 Å². The zero-order chi connectivity index (χ0) is 19.9. The van der Waals surface area contributed by atoms with Crippen LogP contribution >= 0.6 is 23.2 Å². The van der Waals surface area contributed by atoms with Crippen LogP contribution in [0.1, 0.15) is 36.8 Å². The van der Waals surface area contributed by atoms with Crippen LogP contribution in [-0.4, -0.2) is 27.7 Å². The molecule has 10 heteroatoms. The van der Waals surface area contributed by atoms with Crippen LogP contribution in [0.25, 0.3) is 0 Å². The summed E-state index contributed by atoms with van der Waals surface area (Å²) >= 11 is 12.2. The highest BCUT2D eigenvalue weighted by Gasteiger charge is 2.57.